The molecule has 0 saturated carbocycles. The Balaban J connectivity index is 2.53. The number of phenols is 1. The number of hydrogen-bond donors (Lipinski definition) is 1. The molecule has 1 heterocycles. The highest BCUT2D eigenvalue weighted by Crippen LogP contribution is 2.25. The van der Waals surface area contributed by atoms with E-state index in [1.807, 2.05) is 32.0 Å². The molecule has 0 aliphatic rings. The Labute approximate surface area is 108 Å². The maximum absolute atomic E-state index is 9.56. The monoisotopic (exact) mass is 242 g/mol. The molecular formula is C15H18N2O. The third-order valence-electron chi connectivity index (χ3n) is 2.94. The summed E-state index contributed by atoms with van der Waals surface area (Å²) >= 11 is 0. The summed E-state index contributed by atoms with van der Waals surface area (Å²) < 4.78 is 0. The molecule has 0 aliphatic carbocycles. The Kier molecular flexibility index (Phi) is 3.32. The lowest BCUT2D eigenvalue weighted by Crippen LogP contribution is -1.99. The van der Waals surface area contributed by atoms with Gasteiger partial charge in [-0.05, 0) is 49.6 Å². The van der Waals surface area contributed by atoms with Crippen LogP contribution in [0.25, 0.3) is 11.3 Å². The molecule has 1 aromatic heterocycles. The van der Waals surface area contributed by atoms with Crippen molar-refractivity contribution in [1.82, 2.24) is 9.97 Å². The zero-order valence-corrected chi connectivity index (χ0v) is 11.2. The first-order chi connectivity index (χ1) is 8.47. The van der Waals surface area contributed by atoms with Gasteiger partial charge < -0.3 is 5.11 Å². The second kappa shape index (κ2) is 4.77. The molecule has 94 valence electrons. The van der Waals surface area contributed by atoms with Crippen LogP contribution in [0.4, 0.5) is 0 Å². The van der Waals surface area contributed by atoms with E-state index in [9.17, 15) is 5.11 Å². The number of aromatic nitrogens is 2. The van der Waals surface area contributed by atoms with Gasteiger partial charge in [0.05, 0.1) is 5.69 Å². The molecule has 1 N–H and O–H groups in total. The molecule has 3 heteroatoms. The van der Waals surface area contributed by atoms with E-state index in [1.54, 1.807) is 6.07 Å². The molecular weight excluding hydrogens is 224 g/mol. The molecule has 0 fully saturated rings. The fourth-order valence-corrected chi connectivity index (χ4v) is 1.85. The maximum atomic E-state index is 9.56. The summed E-state index contributed by atoms with van der Waals surface area (Å²) in [5.74, 6) is 1.47. The summed E-state index contributed by atoms with van der Waals surface area (Å²) in [7, 11) is 0. The summed E-state index contributed by atoms with van der Waals surface area (Å²) in [5, 5.41) is 9.56. The van der Waals surface area contributed by atoms with Gasteiger partial charge in [0.25, 0.3) is 0 Å². The molecule has 2 rings (SSSR count). The van der Waals surface area contributed by atoms with Crippen LogP contribution >= 0.6 is 0 Å². The second-order valence-electron chi connectivity index (χ2n) is 4.88. The van der Waals surface area contributed by atoms with E-state index in [-0.39, 0.29) is 0 Å². The molecule has 0 saturated heterocycles. The molecule has 0 unspecified atom stereocenters. The smallest absolute Gasteiger partial charge is 0.126 e. The lowest BCUT2D eigenvalue weighted by Gasteiger charge is -2.09. The highest BCUT2D eigenvalue weighted by atomic mass is 16.3. The van der Waals surface area contributed by atoms with Crippen molar-refractivity contribution in [1.29, 1.82) is 0 Å². The van der Waals surface area contributed by atoms with Crippen molar-refractivity contribution in [2.45, 2.75) is 33.6 Å². The van der Waals surface area contributed by atoms with Crippen LogP contribution in [0.15, 0.2) is 24.3 Å². The highest BCUT2D eigenvalue weighted by molar-refractivity contribution is 5.62. The summed E-state index contributed by atoms with van der Waals surface area (Å²) in [6, 6.07) is 7.55. The maximum Gasteiger partial charge on any atom is 0.126 e. The number of benzene rings is 1. The van der Waals surface area contributed by atoms with Crippen molar-refractivity contribution in [2.24, 2.45) is 0 Å². The van der Waals surface area contributed by atoms with E-state index in [0.29, 0.717) is 11.7 Å². The quantitative estimate of drug-likeness (QED) is 0.875. The predicted molar refractivity (Wildman–Crippen MR) is 72.7 cm³/mol. The number of hydrogen-bond acceptors (Lipinski definition) is 3. The summed E-state index contributed by atoms with van der Waals surface area (Å²) in [5.41, 5.74) is 3.82. The molecule has 0 atom stereocenters. The van der Waals surface area contributed by atoms with Gasteiger partial charge in [-0.2, -0.15) is 0 Å². The lowest BCUT2D eigenvalue weighted by molar-refractivity contribution is 0.471. The Bertz CT molecular complexity index is 577. The normalized spacial score (nSPS) is 10.9. The highest BCUT2D eigenvalue weighted by Gasteiger charge is 2.08. The molecule has 2 aromatic rings. The van der Waals surface area contributed by atoms with Crippen molar-refractivity contribution in [3.63, 3.8) is 0 Å². The molecule has 3 nitrogen and oxygen atoms in total. The third-order valence-corrected chi connectivity index (χ3v) is 2.94. The zero-order valence-electron chi connectivity index (χ0n) is 11.2. The van der Waals surface area contributed by atoms with Crippen molar-refractivity contribution in [2.75, 3.05) is 0 Å². The van der Waals surface area contributed by atoms with E-state index >= 15 is 0 Å². The Hall–Kier alpha value is -1.90. The average molecular weight is 242 g/mol. The minimum atomic E-state index is 0.314. The fourth-order valence-electron chi connectivity index (χ4n) is 1.85. The molecule has 0 amide bonds. The lowest BCUT2D eigenvalue weighted by atomic mass is 10.0. The first kappa shape index (κ1) is 12.6. The number of aryl methyl sites for hydroxylation is 2. The fraction of sp³-hybridized carbons (Fsp3) is 0.333. The van der Waals surface area contributed by atoms with Crippen LogP contribution in [-0.4, -0.2) is 15.1 Å². The topological polar surface area (TPSA) is 46.0 Å². The molecule has 0 spiro atoms. The second-order valence-corrected chi connectivity index (χ2v) is 4.88. The number of nitrogens with zero attached hydrogens (tertiary/aromatic N) is 2. The van der Waals surface area contributed by atoms with Crippen molar-refractivity contribution in [3.05, 3.63) is 41.3 Å². The van der Waals surface area contributed by atoms with Gasteiger partial charge in [-0.25, -0.2) is 9.97 Å². The summed E-state index contributed by atoms with van der Waals surface area (Å²) in [6.45, 7) is 8.03. The summed E-state index contributed by atoms with van der Waals surface area (Å²) in [6.07, 6.45) is 0. The Morgan fingerprint density at radius 3 is 2.39 bits per heavy atom. The van der Waals surface area contributed by atoms with Crippen molar-refractivity contribution >= 4 is 0 Å². The van der Waals surface area contributed by atoms with Crippen LogP contribution in [0.5, 0.6) is 5.75 Å². The SMILES string of the molecule is Cc1nc(-c2ccc(O)c(C)c2)cc(C(C)C)n1. The van der Waals surface area contributed by atoms with E-state index < -0.39 is 0 Å². The molecule has 1 aromatic carbocycles. The largest absolute Gasteiger partial charge is 0.508 e. The van der Waals surface area contributed by atoms with Crippen molar-refractivity contribution < 1.29 is 5.11 Å². The van der Waals surface area contributed by atoms with E-state index in [4.69, 9.17) is 0 Å². The van der Waals surface area contributed by atoms with E-state index in [1.165, 1.54) is 0 Å². The molecule has 0 aliphatic heterocycles. The number of phenolic OH excluding ortho intramolecular Hbond substituents is 1. The number of aromatic hydroxyl groups is 1. The average Bonchev–Trinajstić information content (AvgIpc) is 2.31. The Morgan fingerprint density at radius 2 is 1.78 bits per heavy atom. The third kappa shape index (κ3) is 2.50. The van der Waals surface area contributed by atoms with E-state index in [2.05, 4.69) is 23.8 Å². The van der Waals surface area contributed by atoms with Gasteiger partial charge in [0.15, 0.2) is 0 Å². The van der Waals surface area contributed by atoms with Gasteiger partial charge in [-0.3, -0.25) is 0 Å². The van der Waals surface area contributed by atoms with Gasteiger partial charge in [-0.15, -0.1) is 0 Å². The van der Waals surface area contributed by atoms with Gasteiger partial charge in [0.1, 0.15) is 11.6 Å². The minimum Gasteiger partial charge on any atom is -0.508 e. The number of rotatable bonds is 2. The first-order valence-corrected chi connectivity index (χ1v) is 6.13. The van der Waals surface area contributed by atoms with Crippen LogP contribution in [0.2, 0.25) is 0 Å². The van der Waals surface area contributed by atoms with Crippen LogP contribution in [-0.2, 0) is 0 Å². The van der Waals surface area contributed by atoms with Crippen LogP contribution in [0.3, 0.4) is 0 Å². The standard InChI is InChI=1S/C15H18N2O/c1-9(2)13-8-14(17-11(4)16-13)12-5-6-15(18)10(3)7-12/h5-9,18H,1-4H3. The van der Waals surface area contributed by atoms with Crippen molar-refractivity contribution in [3.8, 4) is 17.0 Å². The van der Waals surface area contributed by atoms with Gasteiger partial charge >= 0.3 is 0 Å². The Morgan fingerprint density at radius 1 is 1.06 bits per heavy atom. The molecule has 18 heavy (non-hydrogen) atoms. The van der Waals surface area contributed by atoms with E-state index in [0.717, 1.165) is 28.3 Å². The van der Waals surface area contributed by atoms with Gasteiger partial charge in [0, 0.05) is 11.3 Å². The van der Waals surface area contributed by atoms with Crippen LogP contribution in [0, 0.1) is 13.8 Å². The predicted octanol–water partition coefficient (Wildman–Crippen LogP) is 3.59. The first-order valence-electron chi connectivity index (χ1n) is 6.13. The zero-order chi connectivity index (χ0) is 13.3. The van der Waals surface area contributed by atoms with Crippen LogP contribution in [0.1, 0.15) is 36.8 Å². The minimum absolute atomic E-state index is 0.314. The van der Waals surface area contributed by atoms with Gasteiger partial charge in [-0.1, -0.05) is 13.8 Å². The molecule has 0 bridgehead atoms. The van der Waals surface area contributed by atoms with Gasteiger partial charge in [0.2, 0.25) is 0 Å². The van der Waals surface area contributed by atoms with Crippen LogP contribution < -0.4 is 0 Å². The molecule has 0 radical (unpaired) electrons. The summed E-state index contributed by atoms with van der Waals surface area (Å²) in [4.78, 5) is 8.90.